The van der Waals surface area contributed by atoms with Gasteiger partial charge in [0.1, 0.15) is 25.6 Å². The molecule has 10 rings (SSSR count). The molecule has 4 heterocycles. The molecule has 83 heavy (non-hydrogen) atoms. The summed E-state index contributed by atoms with van der Waals surface area (Å²) in [6.45, 7) is 14.7. The molecule has 17 heteroatoms. The zero-order valence-corrected chi connectivity index (χ0v) is 47.1. The first-order valence-electron chi connectivity index (χ1n) is 28.2. The Labute approximate surface area is 484 Å². The first kappa shape index (κ1) is 57.8. The van der Waals surface area contributed by atoms with Crippen molar-refractivity contribution in [3.63, 3.8) is 0 Å². The van der Waals surface area contributed by atoms with Crippen molar-refractivity contribution in [2.45, 2.75) is 70.2 Å². The first-order valence-corrected chi connectivity index (χ1v) is 28.2. The maximum absolute atomic E-state index is 13.6. The summed E-state index contributed by atoms with van der Waals surface area (Å²) in [7, 11) is 1.53. The number of aliphatic imine (C=N–C) groups is 2. The van der Waals surface area contributed by atoms with Gasteiger partial charge >= 0.3 is 5.97 Å². The third kappa shape index (κ3) is 14.4. The smallest absolute Gasteiger partial charge is 0.305 e. The Morgan fingerprint density at radius 1 is 0.639 bits per heavy atom. The van der Waals surface area contributed by atoms with Crippen molar-refractivity contribution in [3.8, 4) is 40.2 Å². The zero-order chi connectivity index (χ0) is 57.7. The number of benzene rings is 5. The van der Waals surface area contributed by atoms with Gasteiger partial charge in [0.2, 0.25) is 5.91 Å². The average Bonchev–Trinajstić information content (AvgIpc) is 4.07. The van der Waals surface area contributed by atoms with Gasteiger partial charge < -0.3 is 53.0 Å². The topological polar surface area (TPSA) is 185 Å². The monoisotopic (exact) mass is 1120 g/mol. The summed E-state index contributed by atoms with van der Waals surface area (Å²) in [6.07, 6.45) is 5.97. The fourth-order valence-electron chi connectivity index (χ4n) is 10.9. The van der Waals surface area contributed by atoms with Crippen LogP contribution < -0.4 is 19.5 Å². The number of carbonyl (C=O) groups excluding carboxylic acids is 4. The number of hydrogen-bond acceptors (Lipinski definition) is 14. The van der Waals surface area contributed by atoms with Crippen LogP contribution in [0.15, 0.2) is 125 Å². The molecule has 0 saturated carbocycles. The summed E-state index contributed by atoms with van der Waals surface area (Å²) in [5.41, 5.74) is 11.8. The lowest BCUT2D eigenvalue weighted by molar-refractivity contribution is -0.144. The minimum absolute atomic E-state index is 0.0433. The molecule has 2 fully saturated rings. The SMILES string of the molecule is C=C1C[C@H]2C=Nc3cc(OCc4cc(C#CCNC(=O)CCOCCOCCOCCOCCCC(=O)OCC5c6ccccc6-c6ccccc65)cc(COc5cc6c(cc5OC)C(=O)N5CC(=C)C[C@H]5C=N6)c4)c(C)cc3C(=O)N2C1. The molecule has 0 aromatic heterocycles. The Bertz CT molecular complexity index is 3350. The number of nitrogens with one attached hydrogen (secondary N) is 1. The van der Waals surface area contributed by atoms with E-state index in [2.05, 4.69) is 59.6 Å². The van der Waals surface area contributed by atoms with E-state index in [1.807, 2.05) is 72.6 Å². The van der Waals surface area contributed by atoms with E-state index in [0.29, 0.717) is 131 Å². The predicted octanol–water partition coefficient (Wildman–Crippen LogP) is 9.19. The van der Waals surface area contributed by atoms with E-state index in [1.54, 1.807) is 23.2 Å². The highest BCUT2D eigenvalue weighted by Gasteiger charge is 2.36. The minimum Gasteiger partial charge on any atom is -0.493 e. The number of hydrogen-bond donors (Lipinski definition) is 1. The number of carbonyl (C=O) groups is 4. The van der Waals surface area contributed by atoms with Crippen molar-refractivity contribution in [1.82, 2.24) is 15.1 Å². The lowest BCUT2D eigenvalue weighted by Crippen LogP contribution is -2.35. The molecule has 0 bridgehead atoms. The molecule has 2 saturated heterocycles. The molecule has 430 valence electrons. The van der Waals surface area contributed by atoms with Gasteiger partial charge in [-0.25, -0.2) is 0 Å². The Morgan fingerprint density at radius 2 is 1.18 bits per heavy atom. The third-order valence-electron chi connectivity index (χ3n) is 15.0. The predicted molar refractivity (Wildman–Crippen MR) is 314 cm³/mol. The van der Waals surface area contributed by atoms with Crippen LogP contribution in [0.2, 0.25) is 0 Å². The molecular weight excluding hydrogens is 1050 g/mol. The highest BCUT2D eigenvalue weighted by Crippen LogP contribution is 2.45. The Hall–Kier alpha value is -8.40. The fraction of sp³-hybridized carbons (Fsp3) is 0.364. The van der Waals surface area contributed by atoms with Crippen LogP contribution in [0.4, 0.5) is 11.4 Å². The molecular formula is C66H69N5O12. The summed E-state index contributed by atoms with van der Waals surface area (Å²) < 4.78 is 46.7. The number of aryl methyl sites for hydroxylation is 1. The van der Waals surface area contributed by atoms with E-state index < -0.39 is 0 Å². The molecule has 2 atom stereocenters. The van der Waals surface area contributed by atoms with Crippen LogP contribution in [-0.2, 0) is 46.5 Å². The third-order valence-corrected chi connectivity index (χ3v) is 15.0. The number of nitrogens with zero attached hydrogens (tertiary/aromatic N) is 4. The van der Waals surface area contributed by atoms with Crippen LogP contribution in [0.5, 0.6) is 17.2 Å². The lowest BCUT2D eigenvalue weighted by atomic mass is 9.98. The van der Waals surface area contributed by atoms with Crippen LogP contribution in [0, 0.1) is 18.8 Å². The van der Waals surface area contributed by atoms with Crippen molar-refractivity contribution >= 4 is 47.5 Å². The Balaban J connectivity index is 0.640. The summed E-state index contributed by atoms with van der Waals surface area (Å²) in [4.78, 5) is 65.3. The van der Waals surface area contributed by atoms with Gasteiger partial charge in [0.15, 0.2) is 11.5 Å². The number of ether oxygens (including phenoxy) is 8. The van der Waals surface area contributed by atoms with E-state index in [4.69, 9.17) is 42.9 Å². The van der Waals surface area contributed by atoms with E-state index >= 15 is 0 Å². The second-order valence-corrected chi connectivity index (χ2v) is 21.0. The maximum atomic E-state index is 13.6. The number of amides is 3. The molecule has 5 aromatic rings. The summed E-state index contributed by atoms with van der Waals surface area (Å²) in [5.74, 6) is 7.04. The fourth-order valence-corrected chi connectivity index (χ4v) is 10.9. The zero-order valence-electron chi connectivity index (χ0n) is 47.1. The van der Waals surface area contributed by atoms with Gasteiger partial charge in [0.05, 0.1) is 94.5 Å². The van der Waals surface area contributed by atoms with Gasteiger partial charge in [-0.15, -0.1) is 0 Å². The Morgan fingerprint density at radius 3 is 1.78 bits per heavy atom. The summed E-state index contributed by atoms with van der Waals surface area (Å²) in [5, 5.41) is 2.84. The van der Waals surface area contributed by atoms with Crippen molar-refractivity contribution in [1.29, 1.82) is 0 Å². The number of methoxy groups -OCH3 is 1. The first-order chi connectivity index (χ1) is 40.5. The molecule has 1 aliphatic carbocycles. The lowest BCUT2D eigenvalue weighted by Gasteiger charge is -2.20. The van der Waals surface area contributed by atoms with Gasteiger partial charge in [-0.3, -0.25) is 29.2 Å². The van der Waals surface area contributed by atoms with Crippen LogP contribution in [0.25, 0.3) is 11.1 Å². The van der Waals surface area contributed by atoms with Crippen LogP contribution >= 0.6 is 0 Å². The second-order valence-electron chi connectivity index (χ2n) is 21.0. The Kier molecular flexibility index (Phi) is 19.2. The van der Waals surface area contributed by atoms with E-state index in [-0.39, 0.29) is 80.9 Å². The quantitative estimate of drug-likeness (QED) is 0.0240. The number of esters is 1. The summed E-state index contributed by atoms with van der Waals surface area (Å²) >= 11 is 0. The minimum atomic E-state index is -0.232. The van der Waals surface area contributed by atoms with Crippen LogP contribution in [-0.4, -0.2) is 144 Å². The highest BCUT2D eigenvalue weighted by molar-refractivity contribution is 6.04. The van der Waals surface area contributed by atoms with Gasteiger partial charge in [-0.2, -0.15) is 0 Å². The van der Waals surface area contributed by atoms with Gasteiger partial charge in [-0.1, -0.05) is 84.7 Å². The molecule has 3 amide bonds. The van der Waals surface area contributed by atoms with Crippen molar-refractivity contribution in [2.24, 2.45) is 9.98 Å². The van der Waals surface area contributed by atoms with Crippen molar-refractivity contribution in [2.75, 3.05) is 86.2 Å². The largest absolute Gasteiger partial charge is 0.493 e. The van der Waals surface area contributed by atoms with Crippen molar-refractivity contribution < 1.29 is 57.1 Å². The van der Waals surface area contributed by atoms with Crippen LogP contribution in [0.3, 0.4) is 0 Å². The molecule has 5 aliphatic rings. The molecule has 5 aromatic carbocycles. The molecule has 17 nitrogen and oxygen atoms in total. The van der Waals surface area contributed by atoms with E-state index in [0.717, 1.165) is 27.8 Å². The van der Waals surface area contributed by atoms with Crippen molar-refractivity contribution in [3.05, 3.63) is 160 Å². The van der Waals surface area contributed by atoms with Gasteiger partial charge in [0, 0.05) is 68.6 Å². The standard InChI is InChI=1S/C66H69N5O12/c1-43-27-49-36-68-58-34-60(45(3)29-55(58)65(74)70(49)38-43)81-40-47-30-46(31-48(32-47)41-82-62-35-59-56(33-61(62)76-4)66(75)71-39-44(2)28-50(71)37-69-59)11-9-18-67-63(72)17-20-78-22-24-80-26-25-79-23-21-77-19-10-16-64(73)83-42-57-53-14-7-5-12-51(53)52-13-6-8-15-54(52)57/h5-8,12-15,29-37,49-50,57H,1-2,10,16-28,38-42H2,3-4H3,(H,67,72)/t49-,50-/m0/s1. The molecule has 0 unspecified atom stereocenters. The van der Waals surface area contributed by atoms with Gasteiger partial charge in [0.25, 0.3) is 11.8 Å². The maximum Gasteiger partial charge on any atom is 0.305 e. The van der Waals surface area contributed by atoms with E-state index in [1.165, 1.54) is 29.4 Å². The highest BCUT2D eigenvalue weighted by atomic mass is 16.6. The molecule has 0 radical (unpaired) electrons. The average molecular weight is 1120 g/mol. The second kappa shape index (κ2) is 27.6. The number of rotatable bonds is 26. The van der Waals surface area contributed by atoms with E-state index in [9.17, 15) is 19.2 Å². The van der Waals surface area contributed by atoms with Gasteiger partial charge in [-0.05, 0) is 95.5 Å². The molecule has 0 spiro atoms. The summed E-state index contributed by atoms with van der Waals surface area (Å²) in [6, 6.07) is 29.1. The van der Waals surface area contributed by atoms with Crippen LogP contribution in [0.1, 0.15) is 92.1 Å². The number of fused-ring (bicyclic) bond motifs is 7. The normalized spacial score (nSPS) is 16.5. The molecule has 1 N–H and O–H groups in total. The molecule has 4 aliphatic heterocycles.